The number of ether oxygens (including phenoxy) is 7. The van der Waals surface area contributed by atoms with Gasteiger partial charge in [0, 0.05) is 6.54 Å². The maximum absolute atomic E-state index is 12.9. The normalized spacial score (nSPS) is 24.0. The van der Waals surface area contributed by atoms with Crippen molar-refractivity contribution >= 4 is 34.4 Å². The smallest absolute Gasteiger partial charge is 0.342 e. The van der Waals surface area contributed by atoms with Crippen LogP contribution in [0.5, 0.6) is 11.5 Å². The van der Waals surface area contributed by atoms with Crippen LogP contribution in [-0.2, 0) is 33.3 Å². The van der Waals surface area contributed by atoms with E-state index in [0.29, 0.717) is 41.4 Å². The van der Waals surface area contributed by atoms with Crippen LogP contribution in [0.15, 0.2) is 36.6 Å². The molecule has 3 aliphatic heterocycles. The molecule has 15 nitrogen and oxygen atoms in total. The standard InChI is InChI=1S/C29H34N6O9/c1-5-38-16-8-7-15(9-17(16)39-6-2)21-19(11-41-28(21)37)40-12-20(36)31-10-18-23-24(44-29(3,4)43-23)27(42-18)35-14-34-22-25(30)32-13-33-26(22)35/h7-9,13-14,18,23-24,27H,5-6,10-12H2,1-4H3,(H,31,36)(H2,30,32,33)/t18-,23-,24-,27-/m1/s1. The van der Waals surface area contributed by atoms with Gasteiger partial charge in [-0.25, -0.2) is 19.7 Å². The van der Waals surface area contributed by atoms with Gasteiger partial charge >= 0.3 is 5.97 Å². The summed E-state index contributed by atoms with van der Waals surface area (Å²) in [4.78, 5) is 38.1. The van der Waals surface area contributed by atoms with E-state index in [9.17, 15) is 9.59 Å². The molecular formula is C29H34N6O9. The molecule has 5 heterocycles. The summed E-state index contributed by atoms with van der Waals surface area (Å²) in [6, 6.07) is 5.14. The predicted molar refractivity (Wildman–Crippen MR) is 153 cm³/mol. The van der Waals surface area contributed by atoms with Crippen molar-refractivity contribution in [3.8, 4) is 11.5 Å². The van der Waals surface area contributed by atoms with Gasteiger partial charge in [-0.2, -0.15) is 0 Å². The third-order valence-electron chi connectivity index (χ3n) is 7.31. The van der Waals surface area contributed by atoms with Crippen molar-refractivity contribution in [3.05, 3.63) is 42.2 Å². The molecule has 2 saturated heterocycles. The lowest BCUT2D eigenvalue weighted by Crippen LogP contribution is -2.41. The Labute approximate surface area is 252 Å². The van der Waals surface area contributed by atoms with E-state index in [1.165, 1.54) is 6.33 Å². The highest BCUT2D eigenvalue weighted by atomic mass is 16.8. The van der Waals surface area contributed by atoms with Gasteiger partial charge in [0.15, 0.2) is 41.6 Å². The van der Waals surface area contributed by atoms with Crippen molar-refractivity contribution in [2.75, 3.05) is 38.7 Å². The molecule has 3 aliphatic rings. The summed E-state index contributed by atoms with van der Waals surface area (Å²) in [5.74, 6) is -0.294. The van der Waals surface area contributed by atoms with Crippen molar-refractivity contribution in [1.29, 1.82) is 0 Å². The second kappa shape index (κ2) is 11.9. The molecule has 0 saturated carbocycles. The molecule has 0 unspecified atom stereocenters. The average molecular weight is 611 g/mol. The number of nitrogen functional groups attached to an aromatic ring is 1. The number of imidazole rings is 1. The highest BCUT2D eigenvalue weighted by Gasteiger charge is 2.56. The third kappa shape index (κ3) is 5.60. The molecule has 2 fully saturated rings. The van der Waals surface area contributed by atoms with Gasteiger partial charge in [-0.1, -0.05) is 6.07 Å². The maximum Gasteiger partial charge on any atom is 0.342 e. The lowest BCUT2D eigenvalue weighted by molar-refractivity contribution is -0.195. The summed E-state index contributed by atoms with van der Waals surface area (Å²) in [5.41, 5.74) is 7.66. The molecule has 1 aromatic carbocycles. The van der Waals surface area contributed by atoms with Crippen molar-refractivity contribution < 1.29 is 42.7 Å². The second-order valence-electron chi connectivity index (χ2n) is 10.7. The number of aromatic nitrogens is 4. The van der Waals surface area contributed by atoms with Crippen molar-refractivity contribution in [3.63, 3.8) is 0 Å². The lowest BCUT2D eigenvalue weighted by atomic mass is 10.1. The number of nitrogens with two attached hydrogens (primary N) is 1. The lowest BCUT2D eigenvalue weighted by Gasteiger charge is -2.25. The summed E-state index contributed by atoms with van der Waals surface area (Å²) in [6.45, 7) is 7.91. The van der Waals surface area contributed by atoms with Crippen LogP contribution in [0, 0.1) is 0 Å². The van der Waals surface area contributed by atoms with E-state index in [1.54, 1.807) is 29.1 Å². The van der Waals surface area contributed by atoms with E-state index in [2.05, 4.69) is 20.3 Å². The van der Waals surface area contributed by atoms with Crippen LogP contribution >= 0.6 is 0 Å². The molecule has 0 aliphatic carbocycles. The zero-order valence-corrected chi connectivity index (χ0v) is 24.8. The molecule has 234 valence electrons. The van der Waals surface area contributed by atoms with Gasteiger partial charge in [0.05, 0.1) is 19.5 Å². The number of carbonyl (C=O) groups is 2. The molecule has 0 bridgehead atoms. The van der Waals surface area contributed by atoms with Crippen molar-refractivity contribution in [1.82, 2.24) is 24.8 Å². The van der Waals surface area contributed by atoms with Crippen LogP contribution < -0.4 is 20.5 Å². The third-order valence-corrected chi connectivity index (χ3v) is 7.31. The Kier molecular flexibility index (Phi) is 8.00. The average Bonchev–Trinajstić information content (AvgIpc) is 3.74. The topological polar surface area (TPSA) is 180 Å². The quantitative estimate of drug-likeness (QED) is 0.300. The minimum atomic E-state index is -0.867. The number of benzene rings is 1. The Morgan fingerprint density at radius 2 is 1.86 bits per heavy atom. The second-order valence-corrected chi connectivity index (χ2v) is 10.7. The fourth-order valence-corrected chi connectivity index (χ4v) is 5.51. The van der Waals surface area contributed by atoms with Crippen LogP contribution in [0.25, 0.3) is 16.7 Å². The number of nitrogens with zero attached hydrogens (tertiary/aromatic N) is 4. The van der Waals surface area contributed by atoms with Gasteiger partial charge in [0.2, 0.25) is 0 Å². The SMILES string of the molecule is CCOc1ccc(C2=C(OCC(=O)NC[C@H]3O[C@@H](n4cnc5c(N)ncnc54)[C@@H]4OC(C)(C)O[C@@H]43)COC2=O)cc1OCC. The number of hydrogen-bond donors (Lipinski definition) is 2. The van der Waals surface area contributed by atoms with Gasteiger partial charge < -0.3 is 44.2 Å². The number of amides is 1. The number of anilines is 1. The fraction of sp³-hybridized carbons (Fsp3) is 0.483. The molecule has 1 amide bonds. The molecule has 4 atom stereocenters. The summed E-state index contributed by atoms with van der Waals surface area (Å²) in [7, 11) is 0. The van der Waals surface area contributed by atoms with E-state index in [1.807, 2.05) is 27.7 Å². The van der Waals surface area contributed by atoms with Gasteiger partial charge in [0.1, 0.15) is 48.1 Å². The summed E-state index contributed by atoms with van der Waals surface area (Å²) in [5, 5.41) is 2.83. The molecule has 3 N–H and O–H groups in total. The van der Waals surface area contributed by atoms with Crippen LogP contribution in [0.3, 0.4) is 0 Å². The Balaban J connectivity index is 1.13. The molecule has 0 radical (unpaired) electrons. The fourth-order valence-electron chi connectivity index (χ4n) is 5.51. The number of esters is 1. The van der Waals surface area contributed by atoms with E-state index < -0.39 is 42.2 Å². The summed E-state index contributed by atoms with van der Waals surface area (Å²) in [6.07, 6.45) is 0.750. The number of cyclic esters (lactones) is 1. The minimum Gasteiger partial charge on any atom is -0.490 e. The van der Waals surface area contributed by atoms with Crippen molar-refractivity contribution in [2.45, 2.75) is 58.0 Å². The van der Waals surface area contributed by atoms with Gasteiger partial charge in [-0.3, -0.25) is 9.36 Å². The Morgan fingerprint density at radius 1 is 1.09 bits per heavy atom. The molecule has 6 rings (SSSR count). The highest BCUT2D eigenvalue weighted by Crippen LogP contribution is 2.43. The molecular weight excluding hydrogens is 576 g/mol. The van der Waals surface area contributed by atoms with Crippen molar-refractivity contribution in [2.24, 2.45) is 0 Å². The monoisotopic (exact) mass is 610 g/mol. The molecule has 2 aromatic heterocycles. The molecule has 15 heteroatoms. The Bertz CT molecular complexity index is 1610. The van der Waals surface area contributed by atoms with Crippen LogP contribution in [-0.4, -0.2) is 88.5 Å². The zero-order valence-electron chi connectivity index (χ0n) is 24.8. The maximum atomic E-state index is 12.9. The Morgan fingerprint density at radius 3 is 2.66 bits per heavy atom. The number of hydrogen-bond acceptors (Lipinski definition) is 13. The van der Waals surface area contributed by atoms with Crippen LogP contribution in [0.4, 0.5) is 5.82 Å². The number of fused-ring (bicyclic) bond motifs is 2. The number of rotatable bonds is 11. The molecule has 44 heavy (non-hydrogen) atoms. The first-order valence-electron chi connectivity index (χ1n) is 14.3. The number of nitrogens with one attached hydrogen (secondary N) is 1. The van der Waals surface area contributed by atoms with E-state index in [4.69, 9.17) is 38.9 Å². The number of carbonyl (C=O) groups excluding carboxylic acids is 2. The largest absolute Gasteiger partial charge is 0.490 e. The minimum absolute atomic E-state index is 0.0943. The first-order valence-corrected chi connectivity index (χ1v) is 14.3. The van der Waals surface area contributed by atoms with Gasteiger partial charge in [-0.05, 0) is 45.4 Å². The van der Waals surface area contributed by atoms with Gasteiger partial charge in [-0.15, -0.1) is 0 Å². The van der Waals surface area contributed by atoms with E-state index in [0.717, 1.165) is 0 Å². The zero-order chi connectivity index (χ0) is 31.0. The predicted octanol–water partition coefficient (Wildman–Crippen LogP) is 1.72. The van der Waals surface area contributed by atoms with Crippen LogP contribution in [0.2, 0.25) is 0 Å². The van der Waals surface area contributed by atoms with E-state index in [-0.39, 0.29) is 36.9 Å². The summed E-state index contributed by atoms with van der Waals surface area (Å²) < 4.78 is 42.6. The molecule has 3 aromatic rings. The van der Waals surface area contributed by atoms with Gasteiger partial charge in [0.25, 0.3) is 5.91 Å². The van der Waals surface area contributed by atoms with Crippen LogP contribution in [0.1, 0.15) is 39.5 Å². The highest BCUT2D eigenvalue weighted by molar-refractivity contribution is 6.19. The van der Waals surface area contributed by atoms with E-state index >= 15 is 0 Å². The first-order chi connectivity index (χ1) is 21.2. The molecule has 0 spiro atoms. The summed E-state index contributed by atoms with van der Waals surface area (Å²) >= 11 is 0. The first kappa shape index (κ1) is 29.6. The Hall–Kier alpha value is -4.47.